The van der Waals surface area contributed by atoms with E-state index in [0.717, 1.165) is 12.5 Å². The van der Waals surface area contributed by atoms with Crippen molar-refractivity contribution in [3.05, 3.63) is 35.4 Å². The molecule has 1 atom stereocenters. The molecular weight excluding hydrogens is 384 g/mol. The number of aliphatic imine (C=N–C) groups is 1. The SMILES string of the molecule is CN=C(NCc1ccccc1CN1CCCCC1C)N1CCS(=O)(=O)C(C)(C)C1. The molecule has 1 N–H and O–H groups in total. The number of piperidine rings is 1. The average molecular weight is 421 g/mol. The van der Waals surface area contributed by atoms with E-state index in [2.05, 4.69) is 51.3 Å². The van der Waals surface area contributed by atoms with Crippen molar-refractivity contribution in [1.29, 1.82) is 0 Å². The van der Waals surface area contributed by atoms with E-state index in [1.165, 1.54) is 36.9 Å². The van der Waals surface area contributed by atoms with E-state index < -0.39 is 14.6 Å². The van der Waals surface area contributed by atoms with Crippen molar-refractivity contribution in [2.45, 2.75) is 63.9 Å². The molecule has 1 aromatic rings. The minimum atomic E-state index is -3.06. The summed E-state index contributed by atoms with van der Waals surface area (Å²) in [6.07, 6.45) is 3.89. The van der Waals surface area contributed by atoms with Gasteiger partial charge in [-0.25, -0.2) is 8.42 Å². The topological polar surface area (TPSA) is 65.0 Å². The summed E-state index contributed by atoms with van der Waals surface area (Å²) in [6.45, 7) is 9.71. The van der Waals surface area contributed by atoms with Gasteiger partial charge in [-0.1, -0.05) is 30.7 Å². The first-order valence-corrected chi connectivity index (χ1v) is 12.4. The molecule has 0 aliphatic carbocycles. The number of hydrogen-bond donors (Lipinski definition) is 1. The van der Waals surface area contributed by atoms with Gasteiger partial charge in [-0.3, -0.25) is 9.89 Å². The number of likely N-dealkylation sites (tertiary alicyclic amines) is 1. The van der Waals surface area contributed by atoms with E-state index in [1.54, 1.807) is 20.9 Å². The van der Waals surface area contributed by atoms with Crippen LogP contribution in [0.25, 0.3) is 0 Å². The third-order valence-electron chi connectivity index (χ3n) is 6.42. The van der Waals surface area contributed by atoms with Crippen molar-refractivity contribution in [2.75, 3.05) is 32.4 Å². The fourth-order valence-electron chi connectivity index (χ4n) is 4.33. The summed E-state index contributed by atoms with van der Waals surface area (Å²) >= 11 is 0. The van der Waals surface area contributed by atoms with Gasteiger partial charge in [-0.15, -0.1) is 0 Å². The van der Waals surface area contributed by atoms with E-state index in [-0.39, 0.29) is 5.75 Å². The first kappa shape index (κ1) is 22.1. The predicted molar refractivity (Wildman–Crippen MR) is 120 cm³/mol. The molecule has 29 heavy (non-hydrogen) atoms. The van der Waals surface area contributed by atoms with E-state index in [9.17, 15) is 8.42 Å². The number of nitrogens with zero attached hydrogens (tertiary/aromatic N) is 3. The van der Waals surface area contributed by atoms with Crippen molar-refractivity contribution in [3.63, 3.8) is 0 Å². The fourth-order valence-corrected chi connectivity index (χ4v) is 5.69. The minimum Gasteiger partial charge on any atom is -0.352 e. The predicted octanol–water partition coefficient (Wildman–Crippen LogP) is 2.65. The third-order valence-corrected chi connectivity index (χ3v) is 8.96. The maximum atomic E-state index is 12.3. The standard InChI is InChI=1S/C22H36N4O2S/c1-18-9-7-8-12-25(18)16-20-11-6-5-10-19(20)15-24-21(23-4)26-13-14-29(27,28)22(2,3)17-26/h5-6,10-11,18H,7-9,12-17H2,1-4H3,(H,23,24). The van der Waals surface area contributed by atoms with Crippen LogP contribution in [0, 0.1) is 0 Å². The molecule has 2 saturated heterocycles. The van der Waals surface area contributed by atoms with Crippen LogP contribution in [-0.2, 0) is 22.9 Å². The number of hydrogen-bond acceptors (Lipinski definition) is 4. The highest BCUT2D eigenvalue weighted by molar-refractivity contribution is 7.92. The lowest BCUT2D eigenvalue weighted by Gasteiger charge is -2.39. The van der Waals surface area contributed by atoms with Crippen LogP contribution in [0.15, 0.2) is 29.3 Å². The Labute approximate surface area is 176 Å². The van der Waals surface area contributed by atoms with Gasteiger partial charge in [0.1, 0.15) is 0 Å². The fraction of sp³-hybridized carbons (Fsp3) is 0.682. The van der Waals surface area contributed by atoms with E-state index in [1.807, 2.05) is 0 Å². The van der Waals surface area contributed by atoms with Crippen molar-refractivity contribution < 1.29 is 8.42 Å². The molecule has 0 aromatic heterocycles. The van der Waals surface area contributed by atoms with E-state index in [4.69, 9.17) is 0 Å². The molecule has 6 nitrogen and oxygen atoms in total. The molecule has 162 valence electrons. The second-order valence-electron chi connectivity index (χ2n) is 8.98. The largest absolute Gasteiger partial charge is 0.352 e. The molecule has 2 fully saturated rings. The molecule has 0 radical (unpaired) electrons. The van der Waals surface area contributed by atoms with Gasteiger partial charge in [0, 0.05) is 39.3 Å². The number of sulfone groups is 1. The summed E-state index contributed by atoms with van der Waals surface area (Å²) in [5.74, 6) is 0.943. The summed E-state index contributed by atoms with van der Waals surface area (Å²) in [6, 6.07) is 9.22. The Kier molecular flexibility index (Phi) is 6.89. The average Bonchev–Trinajstić information content (AvgIpc) is 2.68. The number of guanidine groups is 1. The molecule has 0 amide bonds. The second-order valence-corrected chi connectivity index (χ2v) is 11.7. The Hall–Kier alpha value is -1.60. The van der Waals surface area contributed by atoms with Crippen molar-refractivity contribution >= 4 is 15.8 Å². The Balaban J connectivity index is 1.66. The number of rotatable bonds is 4. The lowest BCUT2D eigenvalue weighted by Crippen LogP contribution is -2.57. The zero-order chi connectivity index (χ0) is 21.1. The minimum absolute atomic E-state index is 0.171. The lowest BCUT2D eigenvalue weighted by molar-refractivity contribution is 0.152. The van der Waals surface area contributed by atoms with E-state index >= 15 is 0 Å². The zero-order valence-corrected chi connectivity index (χ0v) is 19.1. The Morgan fingerprint density at radius 2 is 1.93 bits per heavy atom. The summed E-state index contributed by atoms with van der Waals surface area (Å²) in [4.78, 5) is 9.07. The summed E-state index contributed by atoms with van der Waals surface area (Å²) in [5, 5.41) is 3.47. The van der Waals surface area contributed by atoms with Crippen molar-refractivity contribution in [3.8, 4) is 0 Å². The van der Waals surface area contributed by atoms with Crippen LogP contribution in [-0.4, -0.2) is 67.4 Å². The maximum absolute atomic E-state index is 12.3. The molecule has 1 unspecified atom stereocenters. The Morgan fingerprint density at radius 3 is 2.59 bits per heavy atom. The van der Waals surface area contributed by atoms with Crippen LogP contribution in [0.4, 0.5) is 0 Å². The summed E-state index contributed by atoms with van der Waals surface area (Å²) < 4.78 is 23.9. The quantitative estimate of drug-likeness (QED) is 0.599. The Morgan fingerprint density at radius 1 is 1.21 bits per heavy atom. The van der Waals surface area contributed by atoms with Crippen molar-refractivity contribution in [1.82, 2.24) is 15.1 Å². The highest BCUT2D eigenvalue weighted by atomic mass is 32.2. The van der Waals surface area contributed by atoms with Gasteiger partial charge < -0.3 is 10.2 Å². The molecule has 2 aliphatic heterocycles. The molecule has 3 rings (SSSR count). The first-order valence-electron chi connectivity index (χ1n) is 10.7. The smallest absolute Gasteiger partial charge is 0.193 e. The summed E-state index contributed by atoms with van der Waals surface area (Å²) in [5.41, 5.74) is 2.63. The monoisotopic (exact) mass is 420 g/mol. The van der Waals surface area contributed by atoms with Crippen LogP contribution in [0.1, 0.15) is 51.2 Å². The summed E-state index contributed by atoms with van der Waals surface area (Å²) in [7, 11) is -1.30. The second kappa shape index (κ2) is 9.04. The number of nitrogens with one attached hydrogen (secondary N) is 1. The van der Waals surface area contributed by atoms with Crippen LogP contribution >= 0.6 is 0 Å². The van der Waals surface area contributed by atoms with Gasteiger partial charge in [0.25, 0.3) is 0 Å². The number of benzene rings is 1. The molecule has 0 spiro atoms. The first-order chi connectivity index (χ1) is 13.7. The molecule has 2 aliphatic rings. The van der Waals surface area contributed by atoms with Gasteiger partial charge in [0.2, 0.25) is 0 Å². The molecular formula is C22H36N4O2S. The van der Waals surface area contributed by atoms with Gasteiger partial charge in [-0.05, 0) is 51.3 Å². The van der Waals surface area contributed by atoms with E-state index in [0.29, 0.717) is 25.7 Å². The zero-order valence-electron chi connectivity index (χ0n) is 18.3. The van der Waals surface area contributed by atoms with Crippen LogP contribution in [0.2, 0.25) is 0 Å². The highest BCUT2D eigenvalue weighted by Gasteiger charge is 2.40. The molecule has 7 heteroatoms. The van der Waals surface area contributed by atoms with Crippen LogP contribution in [0.5, 0.6) is 0 Å². The molecule has 0 bridgehead atoms. The Bertz CT molecular complexity index is 835. The molecule has 2 heterocycles. The van der Waals surface area contributed by atoms with Gasteiger partial charge in [0.05, 0.1) is 10.5 Å². The maximum Gasteiger partial charge on any atom is 0.193 e. The normalized spacial score (nSPS) is 25.0. The van der Waals surface area contributed by atoms with Gasteiger partial charge >= 0.3 is 0 Å². The van der Waals surface area contributed by atoms with Crippen LogP contribution < -0.4 is 5.32 Å². The lowest BCUT2D eigenvalue weighted by atomic mass is 10.0. The van der Waals surface area contributed by atoms with Crippen molar-refractivity contribution in [2.24, 2.45) is 4.99 Å². The van der Waals surface area contributed by atoms with Gasteiger partial charge in [0.15, 0.2) is 15.8 Å². The van der Waals surface area contributed by atoms with Gasteiger partial charge in [-0.2, -0.15) is 0 Å². The highest BCUT2D eigenvalue weighted by Crippen LogP contribution is 2.24. The molecule has 0 saturated carbocycles. The third kappa shape index (κ3) is 5.12. The molecule has 1 aromatic carbocycles. The van der Waals surface area contributed by atoms with Crippen LogP contribution in [0.3, 0.4) is 0 Å².